The third kappa shape index (κ3) is 2.60. The maximum atomic E-state index is 11.2. The molecular weight excluding hydrogens is 232 g/mol. The van der Waals surface area contributed by atoms with E-state index in [4.69, 9.17) is 0 Å². The summed E-state index contributed by atoms with van der Waals surface area (Å²) in [5.41, 5.74) is 1.87. The highest BCUT2D eigenvalue weighted by atomic mass is 16.5. The van der Waals surface area contributed by atoms with Crippen molar-refractivity contribution in [2.45, 2.75) is 6.92 Å². The largest absolute Gasteiger partial charge is 0.464 e. The Morgan fingerprint density at radius 3 is 2.72 bits per heavy atom. The standard InChI is InChI=1S/C12H12N4O2/c1-8-9(4-3-5-13-8)16-11-7-14-10(6-15-11)12(17)18-2/h3-7H,1-2H3,(H,15,16). The minimum atomic E-state index is -0.508. The summed E-state index contributed by atoms with van der Waals surface area (Å²) in [5.74, 6) is 0.0327. The van der Waals surface area contributed by atoms with Gasteiger partial charge in [-0.1, -0.05) is 0 Å². The van der Waals surface area contributed by atoms with Crippen molar-refractivity contribution in [2.24, 2.45) is 0 Å². The minimum Gasteiger partial charge on any atom is -0.464 e. The van der Waals surface area contributed by atoms with Crippen molar-refractivity contribution in [1.82, 2.24) is 15.0 Å². The summed E-state index contributed by atoms with van der Waals surface area (Å²) in [6.07, 6.45) is 4.55. The molecule has 0 amide bonds. The van der Waals surface area contributed by atoms with Crippen molar-refractivity contribution in [1.29, 1.82) is 0 Å². The van der Waals surface area contributed by atoms with Gasteiger partial charge in [0.25, 0.3) is 0 Å². The minimum absolute atomic E-state index is 0.172. The van der Waals surface area contributed by atoms with Crippen LogP contribution in [0.15, 0.2) is 30.7 Å². The second kappa shape index (κ2) is 5.22. The van der Waals surface area contributed by atoms with Crippen molar-refractivity contribution in [3.05, 3.63) is 42.1 Å². The summed E-state index contributed by atoms with van der Waals surface area (Å²) in [4.78, 5) is 23.4. The van der Waals surface area contributed by atoms with Crippen molar-refractivity contribution < 1.29 is 9.53 Å². The lowest BCUT2D eigenvalue weighted by Crippen LogP contribution is -2.06. The Kier molecular flexibility index (Phi) is 3.47. The van der Waals surface area contributed by atoms with E-state index >= 15 is 0 Å². The van der Waals surface area contributed by atoms with E-state index < -0.39 is 5.97 Å². The smallest absolute Gasteiger partial charge is 0.358 e. The van der Waals surface area contributed by atoms with E-state index in [1.807, 2.05) is 19.1 Å². The van der Waals surface area contributed by atoms with Gasteiger partial charge in [0.1, 0.15) is 5.82 Å². The highest BCUT2D eigenvalue weighted by molar-refractivity contribution is 5.86. The second-order valence-electron chi connectivity index (χ2n) is 3.54. The predicted octanol–water partition coefficient (Wildman–Crippen LogP) is 1.71. The average molecular weight is 244 g/mol. The molecule has 6 nitrogen and oxygen atoms in total. The molecule has 0 atom stereocenters. The number of methoxy groups -OCH3 is 1. The number of nitrogens with zero attached hydrogens (tertiary/aromatic N) is 3. The maximum Gasteiger partial charge on any atom is 0.358 e. The number of rotatable bonds is 3. The molecule has 92 valence electrons. The number of ether oxygens (including phenoxy) is 1. The molecule has 0 saturated carbocycles. The Labute approximate surface area is 104 Å². The van der Waals surface area contributed by atoms with Gasteiger partial charge in [0.2, 0.25) is 0 Å². The van der Waals surface area contributed by atoms with Crippen molar-refractivity contribution >= 4 is 17.5 Å². The highest BCUT2D eigenvalue weighted by Crippen LogP contribution is 2.15. The number of hydrogen-bond donors (Lipinski definition) is 1. The zero-order chi connectivity index (χ0) is 13.0. The molecule has 6 heteroatoms. The van der Waals surface area contributed by atoms with Gasteiger partial charge in [0, 0.05) is 6.20 Å². The lowest BCUT2D eigenvalue weighted by molar-refractivity contribution is 0.0593. The fraction of sp³-hybridized carbons (Fsp3) is 0.167. The average Bonchev–Trinajstić information content (AvgIpc) is 2.41. The zero-order valence-corrected chi connectivity index (χ0v) is 10.0. The fourth-order valence-corrected chi connectivity index (χ4v) is 1.36. The van der Waals surface area contributed by atoms with Crippen LogP contribution >= 0.6 is 0 Å². The first-order valence-electron chi connectivity index (χ1n) is 5.29. The summed E-state index contributed by atoms with van der Waals surface area (Å²) in [6, 6.07) is 3.71. The summed E-state index contributed by atoms with van der Waals surface area (Å²) in [7, 11) is 1.30. The number of pyridine rings is 1. The van der Waals surface area contributed by atoms with Gasteiger partial charge in [-0.05, 0) is 19.1 Å². The van der Waals surface area contributed by atoms with E-state index in [1.165, 1.54) is 19.5 Å². The SMILES string of the molecule is COC(=O)c1cnc(Nc2cccnc2C)cn1. The van der Waals surface area contributed by atoms with E-state index in [-0.39, 0.29) is 5.69 Å². The molecule has 0 unspecified atom stereocenters. The van der Waals surface area contributed by atoms with Crippen LogP contribution in [0, 0.1) is 6.92 Å². The molecule has 0 saturated heterocycles. The topological polar surface area (TPSA) is 77.0 Å². The van der Waals surface area contributed by atoms with Gasteiger partial charge in [0.05, 0.1) is 30.9 Å². The van der Waals surface area contributed by atoms with Crippen LogP contribution in [0.3, 0.4) is 0 Å². The van der Waals surface area contributed by atoms with Gasteiger partial charge >= 0.3 is 5.97 Å². The molecule has 0 fully saturated rings. The molecule has 2 rings (SSSR count). The van der Waals surface area contributed by atoms with E-state index in [2.05, 4.69) is 25.0 Å². The van der Waals surface area contributed by atoms with E-state index in [0.717, 1.165) is 11.4 Å². The van der Waals surface area contributed by atoms with Crippen LogP contribution in [0.25, 0.3) is 0 Å². The van der Waals surface area contributed by atoms with E-state index in [1.54, 1.807) is 6.20 Å². The van der Waals surface area contributed by atoms with Crippen LogP contribution in [-0.2, 0) is 4.74 Å². The highest BCUT2D eigenvalue weighted by Gasteiger charge is 2.07. The number of hydrogen-bond acceptors (Lipinski definition) is 6. The van der Waals surface area contributed by atoms with Gasteiger partial charge < -0.3 is 10.1 Å². The number of anilines is 2. The molecular formula is C12H12N4O2. The van der Waals surface area contributed by atoms with Crippen LogP contribution in [-0.4, -0.2) is 28.0 Å². The molecule has 1 N–H and O–H groups in total. The van der Waals surface area contributed by atoms with Gasteiger partial charge in [-0.3, -0.25) is 4.98 Å². The number of nitrogens with one attached hydrogen (secondary N) is 1. The lowest BCUT2D eigenvalue weighted by Gasteiger charge is -2.07. The first-order valence-corrected chi connectivity index (χ1v) is 5.29. The molecule has 0 aromatic carbocycles. The normalized spacial score (nSPS) is 9.89. The summed E-state index contributed by atoms with van der Waals surface area (Å²) < 4.78 is 4.54. The predicted molar refractivity (Wildman–Crippen MR) is 65.6 cm³/mol. The molecule has 0 aliphatic heterocycles. The monoisotopic (exact) mass is 244 g/mol. The lowest BCUT2D eigenvalue weighted by atomic mass is 10.3. The molecule has 2 heterocycles. The molecule has 0 bridgehead atoms. The molecule has 0 spiro atoms. The van der Waals surface area contributed by atoms with Crippen molar-refractivity contribution in [3.8, 4) is 0 Å². The Morgan fingerprint density at radius 1 is 1.28 bits per heavy atom. The fourth-order valence-electron chi connectivity index (χ4n) is 1.36. The van der Waals surface area contributed by atoms with Crippen LogP contribution in [0.1, 0.15) is 16.2 Å². The number of aromatic nitrogens is 3. The summed E-state index contributed by atoms with van der Waals surface area (Å²) in [6.45, 7) is 1.89. The number of carbonyl (C=O) groups is 1. The molecule has 2 aromatic rings. The quantitative estimate of drug-likeness (QED) is 0.828. The van der Waals surface area contributed by atoms with Crippen LogP contribution < -0.4 is 5.32 Å². The van der Waals surface area contributed by atoms with Gasteiger partial charge in [-0.2, -0.15) is 0 Å². The Morgan fingerprint density at radius 2 is 2.11 bits per heavy atom. The van der Waals surface area contributed by atoms with Gasteiger partial charge in [-0.15, -0.1) is 0 Å². The Hall–Kier alpha value is -2.50. The van der Waals surface area contributed by atoms with E-state index in [0.29, 0.717) is 5.82 Å². The summed E-state index contributed by atoms with van der Waals surface area (Å²) in [5, 5.41) is 3.07. The Bertz CT molecular complexity index is 554. The molecule has 2 aromatic heterocycles. The maximum absolute atomic E-state index is 11.2. The zero-order valence-electron chi connectivity index (χ0n) is 10.0. The first-order chi connectivity index (χ1) is 8.70. The van der Waals surface area contributed by atoms with Crippen molar-refractivity contribution in [3.63, 3.8) is 0 Å². The van der Waals surface area contributed by atoms with Gasteiger partial charge in [0.15, 0.2) is 5.69 Å². The Balaban J connectivity index is 2.16. The third-order valence-corrected chi connectivity index (χ3v) is 2.32. The molecule has 18 heavy (non-hydrogen) atoms. The van der Waals surface area contributed by atoms with E-state index in [9.17, 15) is 4.79 Å². The molecule has 0 aliphatic carbocycles. The first kappa shape index (κ1) is 12.0. The van der Waals surface area contributed by atoms with Crippen molar-refractivity contribution in [2.75, 3.05) is 12.4 Å². The van der Waals surface area contributed by atoms with Gasteiger partial charge in [-0.25, -0.2) is 14.8 Å². The van der Waals surface area contributed by atoms with Crippen LogP contribution in [0.5, 0.6) is 0 Å². The molecule has 0 aliphatic rings. The number of aryl methyl sites for hydroxylation is 1. The third-order valence-electron chi connectivity index (χ3n) is 2.32. The molecule has 0 radical (unpaired) electrons. The number of esters is 1. The summed E-state index contributed by atoms with van der Waals surface area (Å²) >= 11 is 0. The second-order valence-corrected chi connectivity index (χ2v) is 3.54. The van der Waals surface area contributed by atoms with Crippen LogP contribution in [0.2, 0.25) is 0 Å². The van der Waals surface area contributed by atoms with Crippen LogP contribution in [0.4, 0.5) is 11.5 Å². The number of carbonyl (C=O) groups excluding carboxylic acids is 1.